The van der Waals surface area contributed by atoms with E-state index in [2.05, 4.69) is 96.3 Å². The summed E-state index contributed by atoms with van der Waals surface area (Å²) in [5, 5.41) is 0. The number of likely N-dealkylation sites (tertiary alicyclic amines) is 1. The number of benzene rings is 1. The van der Waals surface area contributed by atoms with Gasteiger partial charge in [0.25, 0.3) is 0 Å². The van der Waals surface area contributed by atoms with Gasteiger partial charge in [-0.05, 0) is 94.4 Å². The van der Waals surface area contributed by atoms with Crippen LogP contribution in [-0.2, 0) is 11.3 Å². The van der Waals surface area contributed by atoms with Crippen LogP contribution in [0.2, 0.25) is 0 Å². The molecule has 1 aliphatic heterocycles. The van der Waals surface area contributed by atoms with E-state index < -0.39 is 0 Å². The van der Waals surface area contributed by atoms with Gasteiger partial charge in [-0.25, -0.2) is 0 Å². The smallest absolute Gasteiger partial charge is 0.187 e. The molecule has 0 atom stereocenters. The first-order valence-electron chi connectivity index (χ1n) is 13.5. The van der Waals surface area contributed by atoms with E-state index in [1.54, 1.807) is 0 Å². The standard InChI is InChI=1S/C32H37N3O/c1-21-14-26(23(3)34(21)30-10-11-30)16-28-19-33(18-25-8-6-5-7-9-25)20-29(32(28)36)17-27-15-22(2)35(24(27)4)31-12-13-31/h5-9,14-17,30-31H,10-13,18-20H2,1-4H3/b28-16+,29-17+. The molecule has 3 fully saturated rings. The van der Waals surface area contributed by atoms with Crippen LogP contribution in [0.25, 0.3) is 12.2 Å². The number of hydrogen-bond donors (Lipinski definition) is 0. The topological polar surface area (TPSA) is 30.2 Å². The molecule has 3 heterocycles. The highest BCUT2D eigenvalue weighted by Crippen LogP contribution is 2.40. The summed E-state index contributed by atoms with van der Waals surface area (Å²) < 4.78 is 4.93. The quantitative estimate of drug-likeness (QED) is 0.366. The zero-order chi connectivity index (χ0) is 25.0. The minimum Gasteiger partial charge on any atom is -0.346 e. The summed E-state index contributed by atoms with van der Waals surface area (Å²) in [7, 11) is 0. The van der Waals surface area contributed by atoms with E-state index in [4.69, 9.17) is 0 Å². The Morgan fingerprint density at radius 2 is 1.22 bits per heavy atom. The number of carbonyl (C=O) groups excluding carboxylic acids is 1. The van der Waals surface area contributed by atoms with Crippen molar-refractivity contribution in [2.24, 2.45) is 0 Å². The van der Waals surface area contributed by atoms with Crippen molar-refractivity contribution in [1.29, 1.82) is 0 Å². The van der Waals surface area contributed by atoms with E-state index in [-0.39, 0.29) is 5.78 Å². The summed E-state index contributed by atoms with van der Waals surface area (Å²) in [6.45, 7) is 11.0. The van der Waals surface area contributed by atoms with Crippen molar-refractivity contribution >= 4 is 17.9 Å². The second kappa shape index (κ2) is 9.08. The van der Waals surface area contributed by atoms with Crippen molar-refractivity contribution in [3.05, 3.63) is 93.1 Å². The van der Waals surface area contributed by atoms with E-state index in [9.17, 15) is 4.79 Å². The lowest BCUT2D eigenvalue weighted by Gasteiger charge is -2.30. The van der Waals surface area contributed by atoms with Gasteiger partial charge in [-0.15, -0.1) is 0 Å². The maximum Gasteiger partial charge on any atom is 0.187 e. The van der Waals surface area contributed by atoms with Gasteiger partial charge >= 0.3 is 0 Å². The van der Waals surface area contributed by atoms with Crippen LogP contribution in [0.1, 0.15) is 77.2 Å². The molecule has 3 aliphatic rings. The van der Waals surface area contributed by atoms with Gasteiger partial charge in [-0.3, -0.25) is 9.69 Å². The van der Waals surface area contributed by atoms with Crippen LogP contribution in [0.3, 0.4) is 0 Å². The summed E-state index contributed by atoms with van der Waals surface area (Å²) >= 11 is 0. The van der Waals surface area contributed by atoms with E-state index in [0.29, 0.717) is 25.2 Å². The summed E-state index contributed by atoms with van der Waals surface area (Å²) in [4.78, 5) is 16.3. The summed E-state index contributed by atoms with van der Waals surface area (Å²) in [6.07, 6.45) is 9.40. The lowest BCUT2D eigenvalue weighted by atomic mass is 9.94. The van der Waals surface area contributed by atoms with Crippen molar-refractivity contribution in [3.63, 3.8) is 0 Å². The third-order valence-electron chi connectivity index (χ3n) is 8.15. The first-order valence-corrected chi connectivity index (χ1v) is 13.5. The minimum atomic E-state index is 0.201. The van der Waals surface area contributed by atoms with Gasteiger partial charge in [0, 0.05) is 65.6 Å². The second-order valence-corrected chi connectivity index (χ2v) is 11.2. The predicted molar refractivity (Wildman–Crippen MR) is 147 cm³/mol. The molecule has 36 heavy (non-hydrogen) atoms. The van der Waals surface area contributed by atoms with Gasteiger partial charge in [0.1, 0.15) is 0 Å². The zero-order valence-corrected chi connectivity index (χ0v) is 22.1. The lowest BCUT2D eigenvalue weighted by molar-refractivity contribution is -0.113. The molecular formula is C32H37N3O. The minimum absolute atomic E-state index is 0.201. The highest BCUT2D eigenvalue weighted by atomic mass is 16.1. The van der Waals surface area contributed by atoms with Crippen LogP contribution in [0, 0.1) is 27.7 Å². The molecule has 0 spiro atoms. The fraction of sp³-hybridized carbons (Fsp3) is 0.406. The fourth-order valence-electron chi connectivity index (χ4n) is 6.13. The van der Waals surface area contributed by atoms with E-state index in [0.717, 1.165) is 17.7 Å². The van der Waals surface area contributed by atoms with E-state index in [1.165, 1.54) is 65.1 Å². The van der Waals surface area contributed by atoms with Gasteiger partial charge in [0.2, 0.25) is 0 Å². The summed E-state index contributed by atoms with van der Waals surface area (Å²) in [5.74, 6) is 0.201. The number of aryl methyl sites for hydroxylation is 2. The number of carbonyl (C=O) groups is 1. The number of hydrogen-bond acceptors (Lipinski definition) is 2. The predicted octanol–water partition coefficient (Wildman–Crippen LogP) is 6.74. The average molecular weight is 480 g/mol. The Labute approximate surface area is 214 Å². The first-order chi connectivity index (χ1) is 17.4. The largest absolute Gasteiger partial charge is 0.346 e. The van der Waals surface area contributed by atoms with Crippen molar-refractivity contribution < 1.29 is 4.79 Å². The average Bonchev–Trinajstić information content (AvgIpc) is 3.78. The maximum absolute atomic E-state index is 13.9. The molecule has 0 unspecified atom stereocenters. The highest BCUT2D eigenvalue weighted by Gasteiger charge is 2.30. The molecule has 0 amide bonds. The van der Waals surface area contributed by atoms with Crippen LogP contribution < -0.4 is 0 Å². The normalized spacial score (nSPS) is 21.2. The molecule has 2 aromatic heterocycles. The zero-order valence-electron chi connectivity index (χ0n) is 22.1. The SMILES string of the molecule is Cc1cc(/C=C2\CN(Cc3ccccc3)C/C(=C\c3cc(C)n(C4CC4)c3C)C2=O)c(C)n1C1CC1. The maximum atomic E-state index is 13.9. The molecule has 0 radical (unpaired) electrons. The molecule has 4 heteroatoms. The van der Waals surface area contributed by atoms with Crippen molar-refractivity contribution in [2.45, 2.75) is 72.0 Å². The number of Topliss-reactive ketones (excluding diaryl/α,β-unsaturated/α-hetero) is 1. The summed E-state index contributed by atoms with van der Waals surface area (Å²) in [6, 6.07) is 16.4. The molecule has 186 valence electrons. The third-order valence-corrected chi connectivity index (χ3v) is 8.15. The number of piperidine rings is 1. The Hall–Kier alpha value is -3.11. The van der Waals surface area contributed by atoms with Crippen LogP contribution in [0.4, 0.5) is 0 Å². The molecule has 4 nitrogen and oxygen atoms in total. The Morgan fingerprint density at radius 1 is 0.750 bits per heavy atom. The van der Waals surface area contributed by atoms with Crippen LogP contribution >= 0.6 is 0 Å². The second-order valence-electron chi connectivity index (χ2n) is 11.2. The Kier molecular flexibility index (Phi) is 5.88. The van der Waals surface area contributed by atoms with Crippen molar-refractivity contribution in [2.75, 3.05) is 13.1 Å². The van der Waals surface area contributed by atoms with Gasteiger partial charge in [0.05, 0.1) is 0 Å². The third kappa shape index (κ3) is 4.43. The Bertz CT molecular complexity index is 1290. The van der Waals surface area contributed by atoms with Gasteiger partial charge in [-0.2, -0.15) is 0 Å². The number of aromatic nitrogens is 2. The number of ketones is 1. The van der Waals surface area contributed by atoms with Crippen LogP contribution in [-0.4, -0.2) is 32.9 Å². The van der Waals surface area contributed by atoms with Crippen molar-refractivity contribution in [1.82, 2.24) is 14.0 Å². The Morgan fingerprint density at radius 3 is 1.67 bits per heavy atom. The fourth-order valence-corrected chi connectivity index (χ4v) is 6.13. The molecular weight excluding hydrogens is 442 g/mol. The first kappa shape index (κ1) is 23.3. The molecule has 2 saturated carbocycles. The highest BCUT2D eigenvalue weighted by molar-refractivity contribution is 6.14. The lowest BCUT2D eigenvalue weighted by Crippen LogP contribution is -2.37. The van der Waals surface area contributed by atoms with E-state index >= 15 is 0 Å². The molecule has 1 aromatic carbocycles. The molecule has 1 saturated heterocycles. The van der Waals surface area contributed by atoms with Crippen LogP contribution in [0.5, 0.6) is 0 Å². The summed E-state index contributed by atoms with van der Waals surface area (Å²) in [5.41, 5.74) is 10.6. The molecule has 0 N–H and O–H groups in total. The van der Waals surface area contributed by atoms with Crippen LogP contribution in [0.15, 0.2) is 53.6 Å². The monoisotopic (exact) mass is 479 g/mol. The number of nitrogens with zero attached hydrogens (tertiary/aromatic N) is 3. The van der Waals surface area contributed by atoms with E-state index in [1.807, 2.05) is 0 Å². The van der Waals surface area contributed by atoms with Gasteiger partial charge < -0.3 is 9.13 Å². The van der Waals surface area contributed by atoms with Gasteiger partial charge in [0.15, 0.2) is 5.78 Å². The van der Waals surface area contributed by atoms with Gasteiger partial charge in [-0.1, -0.05) is 30.3 Å². The van der Waals surface area contributed by atoms with Crippen molar-refractivity contribution in [3.8, 4) is 0 Å². The number of rotatable bonds is 6. The Balaban J connectivity index is 1.37. The molecule has 3 aromatic rings. The molecule has 0 bridgehead atoms. The molecule has 6 rings (SSSR count). The molecule has 2 aliphatic carbocycles.